The lowest BCUT2D eigenvalue weighted by molar-refractivity contribution is -0.120. The first kappa shape index (κ1) is 20.1. The van der Waals surface area contributed by atoms with Crippen molar-refractivity contribution in [2.24, 2.45) is 0 Å². The smallest absolute Gasteiger partial charge is 0.244 e. The van der Waals surface area contributed by atoms with Gasteiger partial charge in [0, 0.05) is 11.9 Å². The summed E-state index contributed by atoms with van der Waals surface area (Å²) in [5.41, 5.74) is 2.75. The summed E-state index contributed by atoms with van der Waals surface area (Å²) < 4.78 is 5.21. The maximum atomic E-state index is 12.5. The van der Waals surface area contributed by atoms with Crippen LogP contribution in [0.2, 0.25) is 10.0 Å². The monoisotopic (exact) mass is 394 g/mol. The Balaban J connectivity index is 2.28. The van der Waals surface area contributed by atoms with Gasteiger partial charge in [-0.15, -0.1) is 0 Å². The van der Waals surface area contributed by atoms with E-state index < -0.39 is 5.91 Å². The molecule has 0 fully saturated rings. The minimum Gasteiger partial charge on any atom is -0.495 e. The zero-order valence-corrected chi connectivity index (χ0v) is 16.5. The highest BCUT2D eigenvalue weighted by atomic mass is 35.5. The average Bonchev–Trinajstić information content (AvgIpc) is 2.53. The minimum atomic E-state index is -0.392. The van der Waals surface area contributed by atoms with E-state index in [0.29, 0.717) is 27.2 Å². The van der Waals surface area contributed by atoms with Crippen molar-refractivity contribution in [2.75, 3.05) is 23.9 Å². The predicted molar refractivity (Wildman–Crippen MR) is 106 cm³/mol. The fraction of sp³-hybridized carbons (Fsp3) is 0.263. The second-order valence-corrected chi connectivity index (χ2v) is 6.75. The summed E-state index contributed by atoms with van der Waals surface area (Å²) in [5.74, 6) is -0.203. The lowest BCUT2D eigenvalue weighted by Gasteiger charge is -2.24. The highest BCUT2D eigenvalue weighted by Gasteiger charge is 2.21. The number of methoxy groups -OCH3 is 1. The molecule has 0 aliphatic heterocycles. The van der Waals surface area contributed by atoms with Crippen LogP contribution in [0.1, 0.15) is 18.1 Å². The van der Waals surface area contributed by atoms with E-state index in [9.17, 15) is 9.59 Å². The molecule has 2 amide bonds. The maximum Gasteiger partial charge on any atom is 0.244 e. The molecule has 0 radical (unpaired) electrons. The van der Waals surface area contributed by atoms with E-state index in [4.69, 9.17) is 27.9 Å². The topological polar surface area (TPSA) is 58.6 Å². The zero-order valence-electron chi connectivity index (χ0n) is 15.0. The highest BCUT2D eigenvalue weighted by molar-refractivity contribution is 6.34. The van der Waals surface area contributed by atoms with Gasteiger partial charge in [-0.1, -0.05) is 29.3 Å². The molecule has 0 aliphatic rings. The second kappa shape index (κ2) is 8.43. The van der Waals surface area contributed by atoms with Crippen molar-refractivity contribution >= 4 is 46.4 Å². The van der Waals surface area contributed by atoms with E-state index in [-0.39, 0.29) is 12.5 Å². The summed E-state index contributed by atoms with van der Waals surface area (Å²) in [5, 5.41) is 3.60. The standard InChI is InChI=1S/C19H20Cl2N2O3/c1-11-7-12(2)19(15(21)8-11)23(13(3)24)10-18(25)22-16-9-14(20)5-6-17(16)26-4/h5-9H,10H2,1-4H3,(H,22,25). The Labute approximate surface area is 162 Å². The van der Waals surface area contributed by atoms with Crippen LogP contribution in [-0.4, -0.2) is 25.5 Å². The molecule has 0 saturated carbocycles. The van der Waals surface area contributed by atoms with Crippen LogP contribution < -0.4 is 15.0 Å². The van der Waals surface area contributed by atoms with Gasteiger partial charge in [-0.2, -0.15) is 0 Å². The molecule has 26 heavy (non-hydrogen) atoms. The zero-order chi connectivity index (χ0) is 19.4. The molecule has 2 aromatic rings. The SMILES string of the molecule is COc1ccc(Cl)cc1NC(=O)CN(C(C)=O)c1c(C)cc(C)cc1Cl. The normalized spacial score (nSPS) is 10.4. The third kappa shape index (κ3) is 4.68. The third-order valence-corrected chi connectivity index (χ3v) is 4.31. The summed E-state index contributed by atoms with van der Waals surface area (Å²) in [6, 6.07) is 8.57. The van der Waals surface area contributed by atoms with Crippen molar-refractivity contribution in [3.8, 4) is 5.75 Å². The molecule has 0 atom stereocenters. The number of rotatable bonds is 5. The van der Waals surface area contributed by atoms with Gasteiger partial charge in [-0.3, -0.25) is 9.59 Å². The molecular formula is C19H20Cl2N2O3. The molecule has 2 rings (SSSR count). The summed E-state index contributed by atoms with van der Waals surface area (Å²) >= 11 is 12.3. The van der Waals surface area contributed by atoms with Crippen LogP contribution in [0, 0.1) is 13.8 Å². The van der Waals surface area contributed by atoms with Gasteiger partial charge in [0.25, 0.3) is 0 Å². The lowest BCUT2D eigenvalue weighted by atomic mass is 10.1. The molecule has 0 bridgehead atoms. The number of carbonyl (C=O) groups excluding carboxylic acids is 2. The largest absolute Gasteiger partial charge is 0.495 e. The second-order valence-electron chi connectivity index (χ2n) is 5.91. The fourth-order valence-electron chi connectivity index (χ4n) is 2.71. The van der Waals surface area contributed by atoms with Gasteiger partial charge in [-0.05, 0) is 49.2 Å². The highest BCUT2D eigenvalue weighted by Crippen LogP contribution is 2.32. The molecule has 0 spiro atoms. The number of carbonyl (C=O) groups is 2. The van der Waals surface area contributed by atoms with Gasteiger partial charge in [0.1, 0.15) is 12.3 Å². The lowest BCUT2D eigenvalue weighted by Crippen LogP contribution is -2.37. The number of amides is 2. The number of hydrogen-bond acceptors (Lipinski definition) is 3. The van der Waals surface area contributed by atoms with Crippen molar-refractivity contribution in [1.82, 2.24) is 0 Å². The number of halogens is 2. The number of nitrogens with zero attached hydrogens (tertiary/aromatic N) is 1. The molecule has 0 aromatic heterocycles. The molecule has 0 saturated heterocycles. The molecule has 138 valence electrons. The Morgan fingerprint density at radius 3 is 2.42 bits per heavy atom. The molecule has 0 aliphatic carbocycles. The number of aryl methyl sites for hydroxylation is 2. The summed E-state index contributed by atoms with van der Waals surface area (Å²) in [4.78, 5) is 26.0. The first-order chi connectivity index (χ1) is 12.2. The Kier molecular flexibility index (Phi) is 6.51. The number of benzene rings is 2. The molecule has 0 heterocycles. The van der Waals surface area contributed by atoms with Gasteiger partial charge in [0.05, 0.1) is 23.5 Å². The van der Waals surface area contributed by atoms with Crippen LogP contribution >= 0.6 is 23.2 Å². The summed E-state index contributed by atoms with van der Waals surface area (Å²) in [7, 11) is 1.50. The summed E-state index contributed by atoms with van der Waals surface area (Å²) in [6.07, 6.45) is 0. The Bertz CT molecular complexity index is 830. The number of ether oxygens (including phenoxy) is 1. The molecule has 1 N–H and O–H groups in total. The van der Waals surface area contributed by atoms with Gasteiger partial charge in [0.2, 0.25) is 11.8 Å². The van der Waals surface area contributed by atoms with Crippen molar-refractivity contribution < 1.29 is 14.3 Å². The minimum absolute atomic E-state index is 0.186. The molecular weight excluding hydrogens is 375 g/mol. The van der Waals surface area contributed by atoms with E-state index in [1.54, 1.807) is 24.3 Å². The fourth-order valence-corrected chi connectivity index (χ4v) is 3.30. The van der Waals surface area contributed by atoms with Gasteiger partial charge >= 0.3 is 0 Å². The quantitative estimate of drug-likeness (QED) is 0.805. The Morgan fingerprint density at radius 2 is 1.85 bits per heavy atom. The van der Waals surface area contributed by atoms with Gasteiger partial charge in [0.15, 0.2) is 0 Å². The Hall–Kier alpha value is -2.24. The maximum absolute atomic E-state index is 12.5. The molecule has 2 aromatic carbocycles. The number of hydrogen-bond donors (Lipinski definition) is 1. The molecule has 5 nitrogen and oxygen atoms in total. The van der Waals surface area contributed by atoms with E-state index in [1.165, 1.54) is 18.9 Å². The van der Waals surface area contributed by atoms with Crippen LogP contribution in [0.5, 0.6) is 5.75 Å². The number of nitrogens with one attached hydrogen (secondary N) is 1. The van der Waals surface area contributed by atoms with Crippen LogP contribution in [0.15, 0.2) is 30.3 Å². The van der Waals surface area contributed by atoms with Crippen molar-refractivity contribution in [3.05, 3.63) is 51.5 Å². The van der Waals surface area contributed by atoms with E-state index in [0.717, 1.165) is 11.1 Å². The van der Waals surface area contributed by atoms with Crippen LogP contribution in [0.3, 0.4) is 0 Å². The first-order valence-corrected chi connectivity index (χ1v) is 8.66. The van der Waals surface area contributed by atoms with E-state index >= 15 is 0 Å². The molecule has 0 unspecified atom stereocenters. The molecule has 7 heteroatoms. The Morgan fingerprint density at radius 1 is 1.15 bits per heavy atom. The van der Waals surface area contributed by atoms with Crippen molar-refractivity contribution in [2.45, 2.75) is 20.8 Å². The van der Waals surface area contributed by atoms with Crippen LogP contribution in [0.4, 0.5) is 11.4 Å². The van der Waals surface area contributed by atoms with E-state index in [2.05, 4.69) is 5.32 Å². The third-order valence-electron chi connectivity index (χ3n) is 3.79. The predicted octanol–water partition coefficient (Wildman–Crippen LogP) is 4.61. The number of anilines is 2. The van der Waals surface area contributed by atoms with Gasteiger partial charge in [-0.25, -0.2) is 0 Å². The van der Waals surface area contributed by atoms with Crippen molar-refractivity contribution in [3.63, 3.8) is 0 Å². The van der Waals surface area contributed by atoms with E-state index in [1.807, 2.05) is 19.9 Å². The van der Waals surface area contributed by atoms with Gasteiger partial charge < -0.3 is 15.0 Å². The average molecular weight is 395 g/mol. The van der Waals surface area contributed by atoms with Crippen molar-refractivity contribution in [1.29, 1.82) is 0 Å². The summed E-state index contributed by atoms with van der Waals surface area (Å²) in [6.45, 7) is 4.97. The first-order valence-electron chi connectivity index (χ1n) is 7.91. The van der Waals surface area contributed by atoms with Crippen LogP contribution in [0.25, 0.3) is 0 Å². The van der Waals surface area contributed by atoms with Crippen LogP contribution in [-0.2, 0) is 9.59 Å².